The molecule has 8 heteroatoms. The molecular formula is C22H21N3O5. The number of hydrogen-bond acceptors (Lipinski definition) is 6. The third kappa shape index (κ3) is 5.78. The van der Waals surface area contributed by atoms with E-state index in [0.717, 1.165) is 11.3 Å². The molecule has 8 nitrogen and oxygen atoms in total. The molecule has 0 aliphatic carbocycles. The van der Waals surface area contributed by atoms with Gasteiger partial charge in [0.25, 0.3) is 5.91 Å². The van der Waals surface area contributed by atoms with Crippen molar-refractivity contribution in [2.45, 2.75) is 12.8 Å². The molecular weight excluding hydrogens is 386 g/mol. The highest BCUT2D eigenvalue weighted by Gasteiger charge is 2.10. The fourth-order valence-electron chi connectivity index (χ4n) is 2.68. The highest BCUT2D eigenvalue weighted by atomic mass is 16.5. The fourth-order valence-corrected chi connectivity index (χ4v) is 2.68. The summed E-state index contributed by atoms with van der Waals surface area (Å²) in [6, 6.07) is 15.8. The first-order valence-corrected chi connectivity index (χ1v) is 9.28. The van der Waals surface area contributed by atoms with Crippen LogP contribution in [-0.4, -0.2) is 41.3 Å². The van der Waals surface area contributed by atoms with Gasteiger partial charge < -0.3 is 14.8 Å². The minimum absolute atomic E-state index is 0.140. The first-order valence-electron chi connectivity index (χ1n) is 9.28. The van der Waals surface area contributed by atoms with Gasteiger partial charge in [0.15, 0.2) is 6.61 Å². The zero-order valence-electron chi connectivity index (χ0n) is 16.4. The van der Waals surface area contributed by atoms with E-state index in [9.17, 15) is 14.4 Å². The van der Waals surface area contributed by atoms with Gasteiger partial charge in [-0.1, -0.05) is 18.2 Å². The van der Waals surface area contributed by atoms with Crippen LogP contribution in [0.4, 0.5) is 5.69 Å². The van der Waals surface area contributed by atoms with Crippen LogP contribution in [0.5, 0.6) is 0 Å². The number of carbonyl (C=O) groups excluding carboxylic acids is 3. The molecule has 0 fully saturated rings. The molecule has 3 aromatic rings. The second-order valence-electron chi connectivity index (χ2n) is 6.41. The number of ether oxygens (including phenoxy) is 2. The third-order valence-corrected chi connectivity index (χ3v) is 4.23. The van der Waals surface area contributed by atoms with Gasteiger partial charge in [-0.3, -0.25) is 9.59 Å². The van der Waals surface area contributed by atoms with Gasteiger partial charge in [0.1, 0.15) is 0 Å². The monoisotopic (exact) mass is 407 g/mol. The molecule has 0 aliphatic heterocycles. The largest absolute Gasteiger partial charge is 0.465 e. The van der Waals surface area contributed by atoms with Crippen LogP contribution < -0.4 is 5.32 Å². The van der Waals surface area contributed by atoms with Crippen LogP contribution in [0.15, 0.2) is 67.0 Å². The molecule has 2 aromatic carbocycles. The number of aromatic nitrogens is 2. The van der Waals surface area contributed by atoms with Gasteiger partial charge >= 0.3 is 11.9 Å². The van der Waals surface area contributed by atoms with Gasteiger partial charge in [-0.2, -0.15) is 5.10 Å². The summed E-state index contributed by atoms with van der Waals surface area (Å²) in [7, 11) is 1.29. The van der Waals surface area contributed by atoms with E-state index in [1.54, 1.807) is 23.0 Å². The van der Waals surface area contributed by atoms with E-state index in [2.05, 4.69) is 15.2 Å². The summed E-state index contributed by atoms with van der Waals surface area (Å²) in [6.07, 6.45) is 4.15. The Morgan fingerprint density at radius 3 is 2.47 bits per heavy atom. The lowest BCUT2D eigenvalue weighted by Gasteiger charge is -2.07. The van der Waals surface area contributed by atoms with Crippen LogP contribution in [0, 0.1) is 0 Å². The van der Waals surface area contributed by atoms with E-state index in [1.165, 1.54) is 19.2 Å². The predicted octanol–water partition coefficient (Wildman–Crippen LogP) is 2.77. The van der Waals surface area contributed by atoms with Crippen molar-refractivity contribution >= 4 is 23.5 Å². The van der Waals surface area contributed by atoms with Crippen LogP contribution in [0.25, 0.3) is 5.69 Å². The topological polar surface area (TPSA) is 99.5 Å². The normalized spacial score (nSPS) is 10.3. The molecule has 1 aromatic heterocycles. The maximum Gasteiger partial charge on any atom is 0.337 e. The van der Waals surface area contributed by atoms with Crippen LogP contribution in [0.3, 0.4) is 0 Å². The lowest BCUT2D eigenvalue weighted by atomic mass is 10.2. The molecule has 0 unspecified atom stereocenters. The van der Waals surface area contributed by atoms with Crippen LogP contribution >= 0.6 is 0 Å². The molecule has 1 heterocycles. The van der Waals surface area contributed by atoms with Crippen molar-refractivity contribution in [3.8, 4) is 5.69 Å². The van der Waals surface area contributed by atoms with Crippen molar-refractivity contribution < 1.29 is 23.9 Å². The van der Waals surface area contributed by atoms with Gasteiger partial charge in [0, 0.05) is 18.3 Å². The number of para-hydroxylation sites is 1. The quantitative estimate of drug-likeness (QED) is 0.577. The Morgan fingerprint density at radius 1 is 1.03 bits per heavy atom. The molecule has 0 atom stereocenters. The molecule has 30 heavy (non-hydrogen) atoms. The summed E-state index contributed by atoms with van der Waals surface area (Å²) in [4.78, 5) is 35.2. The average molecular weight is 407 g/mol. The minimum atomic E-state index is -0.473. The Morgan fingerprint density at radius 2 is 1.77 bits per heavy atom. The Labute approximate surface area is 173 Å². The predicted molar refractivity (Wildman–Crippen MR) is 109 cm³/mol. The van der Waals surface area contributed by atoms with Gasteiger partial charge in [-0.25, -0.2) is 9.48 Å². The van der Waals surface area contributed by atoms with Crippen molar-refractivity contribution in [3.05, 3.63) is 78.1 Å². The molecule has 0 bridgehead atoms. The summed E-state index contributed by atoms with van der Waals surface area (Å²) < 4.78 is 11.4. The van der Waals surface area contributed by atoms with Crippen LogP contribution in [0.2, 0.25) is 0 Å². The maximum absolute atomic E-state index is 11.9. The van der Waals surface area contributed by atoms with E-state index < -0.39 is 17.8 Å². The first-order chi connectivity index (χ1) is 14.5. The molecule has 0 saturated carbocycles. The van der Waals surface area contributed by atoms with E-state index >= 15 is 0 Å². The average Bonchev–Trinajstić information content (AvgIpc) is 3.26. The minimum Gasteiger partial charge on any atom is -0.465 e. The van der Waals surface area contributed by atoms with Gasteiger partial charge in [-0.05, 0) is 48.4 Å². The summed E-state index contributed by atoms with van der Waals surface area (Å²) >= 11 is 0. The van der Waals surface area contributed by atoms with Gasteiger partial charge in [0.05, 0.1) is 24.6 Å². The second kappa shape index (κ2) is 10.0. The maximum atomic E-state index is 11.9. The molecule has 1 N–H and O–H groups in total. The number of carbonyl (C=O) groups is 3. The summed E-state index contributed by atoms with van der Waals surface area (Å²) in [6.45, 7) is -0.388. The van der Waals surface area contributed by atoms with E-state index in [1.807, 2.05) is 36.5 Å². The molecule has 0 saturated heterocycles. The summed E-state index contributed by atoms with van der Waals surface area (Å²) in [5.74, 6) is -1.40. The van der Waals surface area contributed by atoms with Crippen molar-refractivity contribution in [2.75, 3.05) is 19.0 Å². The Hall–Kier alpha value is -3.94. The van der Waals surface area contributed by atoms with Gasteiger partial charge in [0.2, 0.25) is 0 Å². The van der Waals surface area contributed by atoms with E-state index in [4.69, 9.17) is 4.74 Å². The zero-order valence-corrected chi connectivity index (χ0v) is 16.4. The number of rotatable bonds is 8. The highest BCUT2D eigenvalue weighted by molar-refractivity contribution is 5.94. The van der Waals surface area contributed by atoms with Crippen molar-refractivity contribution in [1.82, 2.24) is 9.78 Å². The number of esters is 2. The van der Waals surface area contributed by atoms with Crippen molar-refractivity contribution in [2.24, 2.45) is 0 Å². The fraction of sp³-hybridized carbons (Fsp3) is 0.182. The number of hydrogen-bond donors (Lipinski definition) is 1. The number of anilines is 1. The SMILES string of the molecule is COC(=O)c1ccc(NC(=O)COC(=O)CCc2cnn(-c3ccccc3)c2)cc1. The number of methoxy groups -OCH3 is 1. The molecule has 0 aliphatic rings. The number of benzene rings is 2. The molecule has 3 rings (SSSR count). The van der Waals surface area contributed by atoms with E-state index in [-0.39, 0.29) is 13.0 Å². The van der Waals surface area contributed by atoms with E-state index in [0.29, 0.717) is 17.7 Å². The van der Waals surface area contributed by atoms with Crippen molar-refractivity contribution in [1.29, 1.82) is 0 Å². The highest BCUT2D eigenvalue weighted by Crippen LogP contribution is 2.11. The zero-order chi connectivity index (χ0) is 21.3. The molecule has 0 radical (unpaired) electrons. The van der Waals surface area contributed by atoms with Gasteiger partial charge in [-0.15, -0.1) is 0 Å². The Bertz CT molecular complexity index is 1010. The molecule has 154 valence electrons. The Balaban J connectivity index is 1.41. The third-order valence-electron chi connectivity index (χ3n) is 4.23. The molecule has 0 spiro atoms. The van der Waals surface area contributed by atoms with Crippen LogP contribution in [0.1, 0.15) is 22.3 Å². The summed E-state index contributed by atoms with van der Waals surface area (Å²) in [5.41, 5.74) is 2.68. The summed E-state index contributed by atoms with van der Waals surface area (Å²) in [5, 5.41) is 6.87. The number of nitrogens with one attached hydrogen (secondary N) is 1. The lowest BCUT2D eigenvalue weighted by molar-refractivity contribution is -0.147. The molecule has 1 amide bonds. The standard InChI is InChI=1S/C22H21N3O5/c1-29-22(28)17-8-10-18(11-9-17)24-20(26)15-30-21(27)12-7-16-13-23-25(14-16)19-5-3-2-4-6-19/h2-6,8-11,13-14H,7,12,15H2,1H3,(H,24,26). The number of aryl methyl sites for hydroxylation is 1. The lowest BCUT2D eigenvalue weighted by Crippen LogP contribution is -2.21. The smallest absolute Gasteiger partial charge is 0.337 e. The number of nitrogens with zero attached hydrogens (tertiary/aromatic N) is 2. The van der Waals surface area contributed by atoms with Crippen LogP contribution in [-0.2, 0) is 25.5 Å². The number of amides is 1. The first kappa shape index (κ1) is 20.8. The van der Waals surface area contributed by atoms with Crippen molar-refractivity contribution in [3.63, 3.8) is 0 Å². The Kier molecular flexibility index (Phi) is 6.94. The second-order valence-corrected chi connectivity index (χ2v) is 6.41.